The molecule has 8 unspecified atom stereocenters. The zero-order valence-electron chi connectivity index (χ0n) is 29.7. The van der Waals surface area contributed by atoms with Crippen LogP contribution in [0.25, 0.3) is 0 Å². The van der Waals surface area contributed by atoms with Crippen molar-refractivity contribution in [3.63, 3.8) is 0 Å². The van der Waals surface area contributed by atoms with Crippen LogP contribution in [-0.4, -0.2) is 46.9 Å². The molecule has 0 bridgehead atoms. The minimum absolute atomic E-state index is 0.00220. The number of esters is 2. The summed E-state index contributed by atoms with van der Waals surface area (Å²) in [5.74, 6) is -3.63. The number of carboxylic acid groups (broad SMARTS) is 1. The summed E-state index contributed by atoms with van der Waals surface area (Å²) in [7, 11) is 0. The number of hydrogen-bond acceptors (Lipinski definition) is 6. The first-order chi connectivity index (χ1) is 20.6. The Morgan fingerprint density at radius 3 is 2.02 bits per heavy atom. The van der Waals surface area contributed by atoms with Crippen molar-refractivity contribution in [3.05, 3.63) is 48.6 Å². The second-order valence-electron chi connectivity index (χ2n) is 16.5. The highest BCUT2D eigenvalue weighted by Crippen LogP contribution is 2.57. The number of aliphatic carboxylic acids is 1. The Morgan fingerprint density at radius 2 is 1.56 bits per heavy atom. The number of carbonyl (C=O) groups excluding carboxylic acids is 2. The minimum atomic E-state index is -1.21. The Morgan fingerprint density at radius 1 is 0.978 bits per heavy atom. The largest absolute Gasteiger partial charge is 0.481 e. The second kappa shape index (κ2) is 14.8. The van der Waals surface area contributed by atoms with Crippen LogP contribution in [0, 0.1) is 45.3 Å². The van der Waals surface area contributed by atoms with Gasteiger partial charge in [0.15, 0.2) is 0 Å². The van der Waals surface area contributed by atoms with Crippen LogP contribution >= 0.6 is 0 Å². The minimum Gasteiger partial charge on any atom is -0.481 e. The summed E-state index contributed by atoms with van der Waals surface area (Å²) in [4.78, 5) is 39.0. The third-order valence-electron chi connectivity index (χ3n) is 10.8. The molecule has 1 aliphatic carbocycles. The zero-order valence-corrected chi connectivity index (χ0v) is 29.7. The van der Waals surface area contributed by atoms with Gasteiger partial charge in [0.05, 0.1) is 24.0 Å². The molecular formula is C38H60O7. The van der Waals surface area contributed by atoms with Gasteiger partial charge in [-0.2, -0.15) is 0 Å². The van der Waals surface area contributed by atoms with Gasteiger partial charge >= 0.3 is 17.9 Å². The van der Waals surface area contributed by atoms with Crippen LogP contribution in [-0.2, 0) is 23.9 Å². The lowest BCUT2D eigenvalue weighted by atomic mass is 9.51. The molecule has 1 aromatic rings. The van der Waals surface area contributed by atoms with Gasteiger partial charge in [-0.05, 0) is 78.1 Å². The Bertz CT molecular complexity index is 1160. The summed E-state index contributed by atoms with van der Waals surface area (Å²) in [5, 5.41) is 21.6. The van der Waals surface area contributed by atoms with E-state index in [9.17, 15) is 24.6 Å². The van der Waals surface area contributed by atoms with E-state index in [1.807, 2.05) is 52.8 Å². The van der Waals surface area contributed by atoms with Gasteiger partial charge in [0, 0.05) is 6.08 Å². The molecule has 0 aromatic heterocycles. The van der Waals surface area contributed by atoms with E-state index in [0.717, 1.165) is 12.5 Å². The average molecular weight is 629 g/mol. The first-order valence-electron chi connectivity index (χ1n) is 16.5. The van der Waals surface area contributed by atoms with Gasteiger partial charge in [-0.3, -0.25) is 9.59 Å². The van der Waals surface area contributed by atoms with Crippen LogP contribution in [0.3, 0.4) is 0 Å². The van der Waals surface area contributed by atoms with Gasteiger partial charge in [0.1, 0.15) is 6.10 Å². The molecule has 1 aromatic carbocycles. The van der Waals surface area contributed by atoms with E-state index < -0.39 is 58.2 Å². The van der Waals surface area contributed by atoms with Gasteiger partial charge in [-0.25, -0.2) is 4.79 Å². The highest BCUT2D eigenvalue weighted by Gasteiger charge is 2.57. The summed E-state index contributed by atoms with van der Waals surface area (Å²) in [5.41, 5.74) is -1.10. The average Bonchev–Trinajstić information content (AvgIpc) is 2.93. The van der Waals surface area contributed by atoms with Crippen molar-refractivity contribution >= 4 is 17.9 Å². The maximum absolute atomic E-state index is 14.6. The fraction of sp³-hybridized carbons (Fsp3) is 0.711. The molecule has 0 saturated heterocycles. The van der Waals surface area contributed by atoms with Gasteiger partial charge < -0.3 is 19.7 Å². The van der Waals surface area contributed by atoms with Crippen LogP contribution in [0.4, 0.5) is 0 Å². The number of hydrogen-bond donors (Lipinski definition) is 2. The molecule has 7 heteroatoms. The van der Waals surface area contributed by atoms with Crippen LogP contribution in [0.15, 0.2) is 43.0 Å². The van der Waals surface area contributed by atoms with E-state index in [1.165, 1.54) is 5.56 Å². The lowest BCUT2D eigenvalue weighted by Crippen LogP contribution is -2.55. The van der Waals surface area contributed by atoms with Crippen LogP contribution in [0.5, 0.6) is 0 Å². The van der Waals surface area contributed by atoms with E-state index in [-0.39, 0.29) is 29.8 Å². The molecule has 1 fully saturated rings. The van der Waals surface area contributed by atoms with Crippen molar-refractivity contribution in [2.24, 2.45) is 45.3 Å². The molecule has 2 rings (SSSR count). The number of carboxylic acids is 1. The Balaban J connectivity index is 2.56. The van der Waals surface area contributed by atoms with Crippen LogP contribution in [0.1, 0.15) is 113 Å². The number of ether oxygens (including phenoxy) is 2. The molecular weight excluding hydrogens is 568 g/mol. The number of carbonyl (C=O) groups is 3. The molecule has 2 N–H and O–H groups in total. The molecule has 1 saturated carbocycles. The summed E-state index contributed by atoms with van der Waals surface area (Å²) >= 11 is 0. The summed E-state index contributed by atoms with van der Waals surface area (Å²) in [6.07, 6.45) is 1.70. The standard InChI is InChI=1S/C38H60O7/c1-13-31(40)44-23-26-19-20-30(29(39)21-26)45-34(43)38(12,24(2)32(33(41)42)36(7,8)9)25(3)37(10,11)28(22-35(4,5)6)27-17-15-14-16-18-27/h13-18,24-26,28-30,32,39H,1,19-23H2,2-12H3,(H,41,42). The van der Waals surface area contributed by atoms with Crippen molar-refractivity contribution in [3.8, 4) is 0 Å². The second-order valence-corrected chi connectivity index (χ2v) is 16.5. The highest BCUT2D eigenvalue weighted by molar-refractivity contribution is 5.81. The molecule has 45 heavy (non-hydrogen) atoms. The lowest BCUT2D eigenvalue weighted by molar-refractivity contribution is -0.187. The number of rotatable bonds is 13. The van der Waals surface area contributed by atoms with Crippen molar-refractivity contribution in [2.45, 2.75) is 120 Å². The summed E-state index contributed by atoms with van der Waals surface area (Å²) in [6, 6.07) is 10.4. The molecule has 0 spiro atoms. The lowest BCUT2D eigenvalue weighted by Gasteiger charge is -2.53. The fourth-order valence-corrected chi connectivity index (χ4v) is 7.64. The highest BCUT2D eigenvalue weighted by atomic mass is 16.6. The quantitative estimate of drug-likeness (QED) is 0.168. The maximum Gasteiger partial charge on any atom is 0.330 e. The van der Waals surface area contributed by atoms with Gasteiger partial charge in [-0.1, -0.05) is 106 Å². The predicted molar refractivity (Wildman–Crippen MR) is 178 cm³/mol. The third kappa shape index (κ3) is 9.43. The molecule has 0 amide bonds. The normalized spacial score (nSPS) is 23.5. The first-order valence-corrected chi connectivity index (χ1v) is 16.5. The number of benzene rings is 1. The van der Waals surface area contributed by atoms with E-state index in [1.54, 1.807) is 0 Å². The van der Waals surface area contributed by atoms with E-state index in [4.69, 9.17) is 9.47 Å². The molecule has 1 aliphatic rings. The van der Waals surface area contributed by atoms with Crippen molar-refractivity contribution in [1.82, 2.24) is 0 Å². The monoisotopic (exact) mass is 628 g/mol. The van der Waals surface area contributed by atoms with Crippen molar-refractivity contribution in [1.29, 1.82) is 0 Å². The number of aliphatic hydroxyl groups is 1. The van der Waals surface area contributed by atoms with Crippen molar-refractivity contribution in [2.75, 3.05) is 6.61 Å². The Labute approximate surface area is 272 Å². The van der Waals surface area contributed by atoms with Gasteiger partial charge in [0.2, 0.25) is 0 Å². The first kappa shape index (κ1) is 38.5. The third-order valence-corrected chi connectivity index (χ3v) is 10.8. The molecule has 7 nitrogen and oxygen atoms in total. The van der Waals surface area contributed by atoms with Gasteiger partial charge in [-0.15, -0.1) is 0 Å². The van der Waals surface area contributed by atoms with Crippen LogP contribution in [0.2, 0.25) is 0 Å². The number of aliphatic hydroxyl groups excluding tert-OH is 1. The van der Waals surface area contributed by atoms with Crippen LogP contribution < -0.4 is 0 Å². The van der Waals surface area contributed by atoms with E-state index in [0.29, 0.717) is 19.3 Å². The molecule has 0 aliphatic heterocycles. The summed E-state index contributed by atoms with van der Waals surface area (Å²) < 4.78 is 11.4. The fourth-order valence-electron chi connectivity index (χ4n) is 7.64. The van der Waals surface area contributed by atoms with E-state index >= 15 is 0 Å². The molecule has 0 heterocycles. The smallest absolute Gasteiger partial charge is 0.330 e. The maximum atomic E-state index is 14.6. The van der Waals surface area contributed by atoms with E-state index in [2.05, 4.69) is 60.3 Å². The predicted octanol–water partition coefficient (Wildman–Crippen LogP) is 8.06. The zero-order chi connectivity index (χ0) is 34.5. The van der Waals surface area contributed by atoms with Crippen molar-refractivity contribution < 1.29 is 34.1 Å². The molecule has 254 valence electrons. The topological polar surface area (TPSA) is 110 Å². The van der Waals surface area contributed by atoms with Gasteiger partial charge in [0.25, 0.3) is 0 Å². The Kier molecular flexibility index (Phi) is 12.7. The molecule has 8 atom stereocenters. The Hall–Kier alpha value is -2.67. The summed E-state index contributed by atoms with van der Waals surface area (Å²) in [6.45, 7) is 26.2. The SMILES string of the molecule is C=CC(=O)OCC1CCC(OC(=O)C(C)(C(C)C(C(=O)O)C(C)(C)C)C(C)C(C)(C)C(CC(C)(C)C)c2ccccc2)C(O)C1. The molecule has 0 radical (unpaired) electrons.